The minimum atomic E-state index is -1.30. The van der Waals surface area contributed by atoms with E-state index in [9.17, 15) is 33.6 Å². The van der Waals surface area contributed by atoms with Gasteiger partial charge in [-0.05, 0) is 24.6 Å². The molecule has 0 unspecified atom stereocenters. The summed E-state index contributed by atoms with van der Waals surface area (Å²) in [5, 5.41) is 7.66. The summed E-state index contributed by atoms with van der Waals surface area (Å²) in [5.74, 6) is -4.35. The van der Waals surface area contributed by atoms with E-state index in [0.29, 0.717) is 24.3 Å². The van der Waals surface area contributed by atoms with Crippen LogP contribution in [0.2, 0.25) is 0 Å². The van der Waals surface area contributed by atoms with Crippen LogP contribution in [0.4, 0.5) is 5.69 Å². The highest BCUT2D eigenvalue weighted by Crippen LogP contribution is 2.13. The van der Waals surface area contributed by atoms with Crippen molar-refractivity contribution in [2.45, 2.75) is 85.9 Å². The van der Waals surface area contributed by atoms with Gasteiger partial charge in [-0.3, -0.25) is 33.6 Å². The molecule has 262 valence electrons. The van der Waals surface area contributed by atoms with Crippen LogP contribution in [0.25, 0.3) is 0 Å². The van der Waals surface area contributed by atoms with Crippen molar-refractivity contribution in [3.05, 3.63) is 29.8 Å². The maximum absolute atomic E-state index is 12.9. The summed E-state index contributed by atoms with van der Waals surface area (Å²) in [7, 11) is 0. The molecular weight excluding hydrogens is 612 g/mol. The number of rotatable bonds is 23. The summed E-state index contributed by atoms with van der Waals surface area (Å²) in [5.41, 5.74) is 6.37. The molecule has 0 radical (unpaired) electrons. The number of ketones is 2. The fraction of sp³-hybridized carbons (Fsp3) is 0.606. The number of esters is 1. The Kier molecular flexibility index (Phi) is 18.8. The monoisotopic (exact) mass is 662 g/mol. The first-order valence-corrected chi connectivity index (χ1v) is 15.8. The van der Waals surface area contributed by atoms with Crippen LogP contribution >= 0.6 is 0 Å². The molecule has 0 fully saturated rings. The largest absolute Gasteiger partial charge is 0.461 e. The lowest BCUT2D eigenvalue weighted by molar-refractivity contribution is -0.148. The zero-order valence-electron chi connectivity index (χ0n) is 28.2. The van der Waals surface area contributed by atoms with Crippen molar-refractivity contribution in [2.24, 2.45) is 23.5 Å². The molecule has 4 amide bonds. The molecule has 0 aliphatic rings. The number of carbonyl (C=O) groups excluding carboxylic acids is 7. The molecule has 14 heteroatoms. The first-order chi connectivity index (χ1) is 22.1. The fourth-order valence-electron chi connectivity index (χ4n) is 3.87. The van der Waals surface area contributed by atoms with Crippen LogP contribution in [0, 0.1) is 17.8 Å². The molecule has 0 saturated carbocycles. The second kappa shape index (κ2) is 21.6. The van der Waals surface area contributed by atoms with E-state index in [1.807, 2.05) is 13.8 Å². The third-order valence-electron chi connectivity index (χ3n) is 6.91. The molecule has 0 aliphatic carbocycles. The van der Waals surface area contributed by atoms with Crippen molar-refractivity contribution >= 4 is 46.9 Å². The van der Waals surface area contributed by atoms with Gasteiger partial charge in [0.25, 0.3) is 0 Å². The number of benzene rings is 1. The molecule has 14 nitrogen and oxygen atoms in total. The zero-order valence-corrected chi connectivity index (χ0v) is 28.2. The van der Waals surface area contributed by atoms with Gasteiger partial charge in [0.1, 0.15) is 18.4 Å². The maximum atomic E-state index is 12.9. The highest BCUT2D eigenvalue weighted by atomic mass is 16.5. The second-order valence-corrected chi connectivity index (χ2v) is 11.9. The van der Waals surface area contributed by atoms with Crippen LogP contribution in [-0.2, 0) is 54.4 Å². The maximum Gasteiger partial charge on any atom is 0.308 e. The van der Waals surface area contributed by atoms with Crippen molar-refractivity contribution in [2.75, 3.05) is 31.7 Å². The summed E-state index contributed by atoms with van der Waals surface area (Å²) in [6.45, 7) is 11.1. The third-order valence-corrected chi connectivity index (χ3v) is 6.91. The van der Waals surface area contributed by atoms with Crippen LogP contribution in [0.3, 0.4) is 0 Å². The lowest BCUT2D eigenvalue weighted by Crippen LogP contribution is -2.48. The van der Waals surface area contributed by atoms with E-state index in [1.54, 1.807) is 38.1 Å². The summed E-state index contributed by atoms with van der Waals surface area (Å²) in [4.78, 5) is 85.5. The van der Waals surface area contributed by atoms with Crippen LogP contribution < -0.4 is 21.7 Å². The van der Waals surface area contributed by atoms with Crippen molar-refractivity contribution in [1.82, 2.24) is 10.6 Å². The number of anilines is 1. The van der Waals surface area contributed by atoms with Crippen molar-refractivity contribution in [3.8, 4) is 0 Å². The number of carbonyl (C=O) groups is 7. The first-order valence-electron chi connectivity index (χ1n) is 15.8. The molecule has 0 spiro atoms. The van der Waals surface area contributed by atoms with Gasteiger partial charge in [0.15, 0.2) is 5.78 Å². The van der Waals surface area contributed by atoms with Gasteiger partial charge in [-0.2, -0.15) is 0 Å². The predicted octanol–water partition coefficient (Wildman–Crippen LogP) is 1.82. The van der Waals surface area contributed by atoms with Crippen molar-refractivity contribution in [1.29, 1.82) is 0 Å². The van der Waals surface area contributed by atoms with E-state index in [1.165, 1.54) is 13.8 Å². The van der Waals surface area contributed by atoms with Crippen molar-refractivity contribution < 1.29 is 47.8 Å². The van der Waals surface area contributed by atoms with Crippen LogP contribution in [0.5, 0.6) is 0 Å². The number of ether oxygens (including phenoxy) is 3. The van der Waals surface area contributed by atoms with Gasteiger partial charge in [-0.1, -0.05) is 46.8 Å². The Bertz CT molecular complexity index is 1220. The molecule has 47 heavy (non-hydrogen) atoms. The summed E-state index contributed by atoms with van der Waals surface area (Å²) >= 11 is 0. The van der Waals surface area contributed by atoms with E-state index in [4.69, 9.17) is 19.9 Å². The summed E-state index contributed by atoms with van der Waals surface area (Å²) in [6.07, 6.45) is -0.349. The minimum absolute atomic E-state index is 0.0116. The van der Waals surface area contributed by atoms with E-state index in [2.05, 4.69) is 16.0 Å². The third kappa shape index (κ3) is 17.4. The topological polar surface area (TPSA) is 209 Å². The molecule has 0 aliphatic heterocycles. The van der Waals surface area contributed by atoms with Gasteiger partial charge in [0.05, 0.1) is 44.8 Å². The molecule has 1 aromatic rings. The van der Waals surface area contributed by atoms with E-state index in [-0.39, 0.29) is 62.9 Å². The van der Waals surface area contributed by atoms with Gasteiger partial charge in [0.2, 0.25) is 23.6 Å². The van der Waals surface area contributed by atoms with Crippen LogP contribution in [-0.4, -0.2) is 79.7 Å². The van der Waals surface area contributed by atoms with E-state index < -0.39 is 53.8 Å². The van der Waals surface area contributed by atoms with Crippen molar-refractivity contribution in [3.63, 3.8) is 0 Å². The number of amides is 4. The average molecular weight is 663 g/mol. The van der Waals surface area contributed by atoms with Crippen LogP contribution in [0.1, 0.15) is 72.8 Å². The molecule has 1 rings (SSSR count). The Morgan fingerprint density at radius 3 is 1.85 bits per heavy atom. The molecule has 1 aromatic carbocycles. The van der Waals surface area contributed by atoms with E-state index in [0.717, 1.165) is 0 Å². The average Bonchev–Trinajstić information content (AvgIpc) is 3.00. The Morgan fingerprint density at radius 1 is 0.702 bits per heavy atom. The Morgan fingerprint density at radius 2 is 1.30 bits per heavy atom. The van der Waals surface area contributed by atoms with E-state index >= 15 is 0 Å². The van der Waals surface area contributed by atoms with Gasteiger partial charge < -0.3 is 35.9 Å². The SMILES string of the molecule is CC(C)C(=O)CCOCCOCCC(=O)N[C@@H](C)C(=O)C[C@@H](C)C(=O)N[C@@H](CC(N)=O)C(=O)Nc1ccc(COC(=O)C(C)C)cc1. The van der Waals surface area contributed by atoms with Gasteiger partial charge in [-0.15, -0.1) is 0 Å². The molecule has 0 bridgehead atoms. The standard InChI is InChI=1S/C33H50N4O10/c1-20(2)27(38)11-13-45-15-16-46-14-12-30(41)35-23(6)28(39)17-22(5)31(42)37-26(18-29(34)40)32(43)36-25-9-7-24(8-10-25)19-47-33(44)21(3)4/h7-10,20-23,26H,11-19H2,1-6H3,(H2,34,40)(H,35,41)(H,36,43)(H,37,42)/t22-,23+,26+/m1/s1. The number of Topliss-reactive ketones (excluding diaryl/α,β-unsaturated/α-hetero) is 2. The number of hydrogen-bond acceptors (Lipinski definition) is 10. The first kappa shape index (κ1) is 40.9. The molecule has 0 heterocycles. The molecular formula is C33H50N4O10. The molecule has 0 saturated heterocycles. The normalized spacial score (nSPS) is 12.9. The Balaban J connectivity index is 2.50. The second-order valence-electron chi connectivity index (χ2n) is 11.9. The summed E-state index contributed by atoms with van der Waals surface area (Å²) < 4.78 is 15.9. The number of primary amides is 1. The fourth-order valence-corrected chi connectivity index (χ4v) is 3.87. The quantitative estimate of drug-likeness (QED) is 0.0987. The lowest BCUT2D eigenvalue weighted by Gasteiger charge is -2.21. The van der Waals surface area contributed by atoms with Gasteiger partial charge >= 0.3 is 5.97 Å². The predicted molar refractivity (Wildman–Crippen MR) is 173 cm³/mol. The number of nitrogens with two attached hydrogens (primary N) is 1. The smallest absolute Gasteiger partial charge is 0.308 e. The highest BCUT2D eigenvalue weighted by molar-refractivity contribution is 6.00. The van der Waals surface area contributed by atoms with Crippen LogP contribution in [0.15, 0.2) is 24.3 Å². The van der Waals surface area contributed by atoms with Gasteiger partial charge in [0, 0.05) is 36.8 Å². The molecule has 5 N–H and O–H groups in total. The number of nitrogens with one attached hydrogen (secondary N) is 3. The molecule has 0 aromatic heterocycles. The summed E-state index contributed by atoms with van der Waals surface area (Å²) in [6, 6.07) is 4.30. The zero-order chi connectivity index (χ0) is 35.5. The van der Waals surface area contributed by atoms with Gasteiger partial charge in [-0.25, -0.2) is 0 Å². The Labute approximate surface area is 276 Å². The highest BCUT2D eigenvalue weighted by Gasteiger charge is 2.28. The number of hydrogen-bond donors (Lipinski definition) is 4. The Hall–Kier alpha value is -4.17. The lowest BCUT2D eigenvalue weighted by atomic mass is 9.99. The minimum Gasteiger partial charge on any atom is -0.461 e. The molecule has 3 atom stereocenters.